The van der Waals surface area contributed by atoms with Crippen LogP contribution in [0.2, 0.25) is 0 Å². The van der Waals surface area contributed by atoms with Crippen LogP contribution in [0.15, 0.2) is 24.3 Å². The first-order valence-electron chi connectivity index (χ1n) is 8.54. The van der Waals surface area contributed by atoms with Crippen molar-refractivity contribution in [2.24, 2.45) is 0 Å². The van der Waals surface area contributed by atoms with Crippen molar-refractivity contribution in [3.63, 3.8) is 0 Å². The van der Waals surface area contributed by atoms with Crippen LogP contribution in [-0.4, -0.2) is 29.1 Å². The molecular formula is C19H30N2. The molecule has 0 atom stereocenters. The second-order valence-electron chi connectivity index (χ2n) is 7.98. The van der Waals surface area contributed by atoms with E-state index in [4.69, 9.17) is 0 Å². The van der Waals surface area contributed by atoms with Crippen LogP contribution in [-0.2, 0) is 6.54 Å². The first kappa shape index (κ1) is 15.1. The third kappa shape index (κ3) is 3.67. The maximum absolute atomic E-state index is 3.99. The van der Waals surface area contributed by atoms with Crippen molar-refractivity contribution in [3.8, 4) is 0 Å². The summed E-state index contributed by atoms with van der Waals surface area (Å²) in [6, 6.07) is 8.99. The van der Waals surface area contributed by atoms with Crippen molar-refractivity contribution < 1.29 is 0 Å². The Morgan fingerprint density at radius 3 is 2.57 bits per heavy atom. The molecule has 1 saturated carbocycles. The molecule has 1 spiro atoms. The summed E-state index contributed by atoms with van der Waals surface area (Å²) in [4.78, 5) is 2.68. The summed E-state index contributed by atoms with van der Waals surface area (Å²) in [5, 5.41) is 3.99. The van der Waals surface area contributed by atoms with E-state index in [1.807, 2.05) is 0 Å². The highest BCUT2D eigenvalue weighted by Crippen LogP contribution is 2.34. The van der Waals surface area contributed by atoms with Crippen molar-refractivity contribution in [1.29, 1.82) is 0 Å². The van der Waals surface area contributed by atoms with E-state index < -0.39 is 0 Å². The van der Waals surface area contributed by atoms with Gasteiger partial charge in [0.15, 0.2) is 0 Å². The standard InChI is InChI=1S/C19H30N2/c1-16-8-7-9-17(12-16)13-21-14-18(2,3)20-19(15-21)10-5-4-6-11-19/h7-9,12,20H,4-6,10-11,13-15H2,1-3H3. The maximum atomic E-state index is 3.99. The second kappa shape index (κ2) is 5.73. The lowest BCUT2D eigenvalue weighted by atomic mass is 9.77. The molecule has 1 N–H and O–H groups in total. The smallest absolute Gasteiger partial charge is 0.0314 e. The lowest BCUT2D eigenvalue weighted by Crippen LogP contribution is -2.69. The van der Waals surface area contributed by atoms with Gasteiger partial charge in [0.25, 0.3) is 0 Å². The van der Waals surface area contributed by atoms with Gasteiger partial charge >= 0.3 is 0 Å². The third-order valence-electron chi connectivity index (χ3n) is 5.05. The largest absolute Gasteiger partial charge is 0.304 e. The fourth-order valence-corrected chi connectivity index (χ4v) is 4.53. The molecule has 2 nitrogen and oxygen atoms in total. The average molecular weight is 286 g/mol. The molecule has 116 valence electrons. The minimum atomic E-state index is 0.222. The van der Waals surface area contributed by atoms with Gasteiger partial charge in [0, 0.05) is 30.7 Å². The predicted molar refractivity (Wildman–Crippen MR) is 89.5 cm³/mol. The number of nitrogens with zero attached hydrogens (tertiary/aromatic N) is 1. The molecule has 0 bridgehead atoms. The fourth-order valence-electron chi connectivity index (χ4n) is 4.53. The van der Waals surface area contributed by atoms with Crippen LogP contribution in [0.1, 0.15) is 57.1 Å². The quantitative estimate of drug-likeness (QED) is 0.887. The molecule has 0 radical (unpaired) electrons. The van der Waals surface area contributed by atoms with E-state index in [0.29, 0.717) is 5.54 Å². The molecule has 1 aromatic carbocycles. The van der Waals surface area contributed by atoms with Crippen molar-refractivity contribution >= 4 is 0 Å². The molecule has 1 saturated heterocycles. The van der Waals surface area contributed by atoms with Crippen molar-refractivity contribution in [3.05, 3.63) is 35.4 Å². The van der Waals surface area contributed by atoms with Gasteiger partial charge in [-0.25, -0.2) is 0 Å². The van der Waals surface area contributed by atoms with Crippen molar-refractivity contribution in [1.82, 2.24) is 10.2 Å². The summed E-state index contributed by atoms with van der Waals surface area (Å²) in [5.74, 6) is 0. The zero-order chi connectivity index (χ0) is 14.9. The minimum Gasteiger partial charge on any atom is -0.304 e. The van der Waals surface area contributed by atoms with E-state index in [9.17, 15) is 0 Å². The van der Waals surface area contributed by atoms with Crippen LogP contribution in [0.25, 0.3) is 0 Å². The van der Waals surface area contributed by atoms with Crippen LogP contribution in [0.3, 0.4) is 0 Å². The molecule has 21 heavy (non-hydrogen) atoms. The zero-order valence-electron chi connectivity index (χ0n) is 13.9. The molecule has 2 fully saturated rings. The molecule has 1 aliphatic heterocycles. The van der Waals surface area contributed by atoms with Gasteiger partial charge in [-0.15, -0.1) is 0 Å². The minimum absolute atomic E-state index is 0.222. The Kier molecular flexibility index (Phi) is 4.11. The van der Waals surface area contributed by atoms with Crippen LogP contribution < -0.4 is 5.32 Å². The summed E-state index contributed by atoms with van der Waals surface area (Å²) in [6.45, 7) is 10.4. The Hall–Kier alpha value is -0.860. The number of rotatable bonds is 2. The Balaban J connectivity index is 1.75. The van der Waals surface area contributed by atoms with Gasteiger partial charge in [-0.1, -0.05) is 49.1 Å². The lowest BCUT2D eigenvalue weighted by molar-refractivity contribution is 0.0327. The molecule has 1 aliphatic carbocycles. The number of hydrogen-bond donors (Lipinski definition) is 1. The molecular weight excluding hydrogens is 256 g/mol. The number of hydrogen-bond acceptors (Lipinski definition) is 2. The molecule has 0 aromatic heterocycles. The zero-order valence-corrected chi connectivity index (χ0v) is 13.9. The van der Waals surface area contributed by atoms with Crippen LogP contribution >= 0.6 is 0 Å². The first-order valence-corrected chi connectivity index (χ1v) is 8.54. The van der Waals surface area contributed by atoms with Gasteiger partial charge in [0.05, 0.1) is 0 Å². The average Bonchev–Trinajstić information content (AvgIpc) is 2.37. The van der Waals surface area contributed by atoms with E-state index in [1.165, 1.54) is 49.8 Å². The predicted octanol–water partition coefficient (Wildman–Crippen LogP) is 3.88. The van der Waals surface area contributed by atoms with Gasteiger partial charge in [-0.2, -0.15) is 0 Å². The Bertz CT molecular complexity index is 486. The van der Waals surface area contributed by atoms with E-state index >= 15 is 0 Å². The molecule has 3 rings (SSSR count). The van der Waals surface area contributed by atoms with E-state index in [1.54, 1.807) is 0 Å². The summed E-state index contributed by atoms with van der Waals surface area (Å²) < 4.78 is 0. The Morgan fingerprint density at radius 2 is 1.86 bits per heavy atom. The molecule has 1 heterocycles. The van der Waals surface area contributed by atoms with Crippen LogP contribution in [0.5, 0.6) is 0 Å². The molecule has 2 heteroatoms. The maximum Gasteiger partial charge on any atom is 0.0314 e. The number of piperazine rings is 1. The molecule has 0 amide bonds. The number of benzene rings is 1. The van der Waals surface area contributed by atoms with Crippen LogP contribution in [0.4, 0.5) is 0 Å². The van der Waals surface area contributed by atoms with Crippen LogP contribution in [0, 0.1) is 6.92 Å². The summed E-state index contributed by atoms with van der Waals surface area (Å²) in [6.07, 6.45) is 6.89. The number of nitrogens with one attached hydrogen (secondary N) is 1. The van der Waals surface area contributed by atoms with Gasteiger partial charge < -0.3 is 5.32 Å². The molecule has 0 unspecified atom stereocenters. The summed E-state index contributed by atoms with van der Waals surface area (Å²) in [5.41, 5.74) is 3.41. The van der Waals surface area contributed by atoms with E-state index in [-0.39, 0.29) is 5.54 Å². The Morgan fingerprint density at radius 1 is 1.10 bits per heavy atom. The normalized spacial score (nSPS) is 25.1. The van der Waals surface area contributed by atoms with Gasteiger partial charge in [0.2, 0.25) is 0 Å². The third-order valence-corrected chi connectivity index (χ3v) is 5.05. The SMILES string of the molecule is Cc1cccc(CN2CC(C)(C)NC3(CCCCC3)C2)c1. The van der Waals surface area contributed by atoms with Crippen molar-refractivity contribution in [2.75, 3.05) is 13.1 Å². The van der Waals surface area contributed by atoms with Gasteiger partial charge in [-0.05, 0) is 39.2 Å². The summed E-state index contributed by atoms with van der Waals surface area (Å²) in [7, 11) is 0. The second-order valence-corrected chi connectivity index (χ2v) is 7.98. The highest BCUT2D eigenvalue weighted by Gasteiger charge is 2.42. The topological polar surface area (TPSA) is 15.3 Å². The fraction of sp³-hybridized carbons (Fsp3) is 0.684. The molecule has 2 aliphatic rings. The monoisotopic (exact) mass is 286 g/mol. The van der Waals surface area contributed by atoms with Gasteiger partial charge in [-0.3, -0.25) is 4.90 Å². The van der Waals surface area contributed by atoms with Gasteiger partial charge in [0.1, 0.15) is 0 Å². The molecule has 1 aromatic rings. The first-order chi connectivity index (χ1) is 9.96. The van der Waals surface area contributed by atoms with E-state index in [2.05, 4.69) is 55.3 Å². The van der Waals surface area contributed by atoms with Crippen molar-refractivity contribution in [2.45, 2.75) is 70.5 Å². The van der Waals surface area contributed by atoms with E-state index in [0.717, 1.165) is 13.1 Å². The number of aryl methyl sites for hydroxylation is 1. The highest BCUT2D eigenvalue weighted by atomic mass is 15.3. The summed E-state index contributed by atoms with van der Waals surface area (Å²) >= 11 is 0. The highest BCUT2D eigenvalue weighted by molar-refractivity contribution is 5.22. The Labute approximate surface area is 129 Å². The lowest BCUT2D eigenvalue weighted by Gasteiger charge is -2.53.